The topological polar surface area (TPSA) is 83.5 Å². The Bertz CT molecular complexity index is 421. The van der Waals surface area contributed by atoms with Crippen molar-refractivity contribution in [2.45, 2.75) is 31.6 Å². The lowest BCUT2D eigenvalue weighted by molar-refractivity contribution is -0.150. The first kappa shape index (κ1) is 12.9. The first-order valence-electron chi connectivity index (χ1n) is 6.32. The van der Waals surface area contributed by atoms with Gasteiger partial charge in [0.25, 0.3) is 0 Å². The normalized spacial score (nSPS) is 19.6. The molecule has 4 nitrogen and oxygen atoms in total. The number of carboxylic acid groups (broad SMARTS) is 1. The van der Waals surface area contributed by atoms with Crippen LogP contribution in [0.25, 0.3) is 0 Å². The van der Waals surface area contributed by atoms with Crippen molar-refractivity contribution in [3.8, 4) is 5.75 Å². The predicted octanol–water partition coefficient (Wildman–Crippen LogP) is 2.08. The van der Waals surface area contributed by atoms with Crippen molar-refractivity contribution in [2.75, 3.05) is 6.54 Å². The molecule has 1 aromatic rings. The monoisotopic (exact) mass is 249 g/mol. The molecule has 18 heavy (non-hydrogen) atoms. The number of nitrogens with two attached hydrogens (primary N) is 1. The van der Waals surface area contributed by atoms with E-state index in [-0.39, 0.29) is 11.7 Å². The van der Waals surface area contributed by atoms with Gasteiger partial charge in [0.1, 0.15) is 5.75 Å². The van der Waals surface area contributed by atoms with Crippen molar-refractivity contribution in [3.05, 3.63) is 29.8 Å². The van der Waals surface area contributed by atoms with Gasteiger partial charge >= 0.3 is 5.97 Å². The highest BCUT2D eigenvalue weighted by Crippen LogP contribution is 2.48. The maximum absolute atomic E-state index is 11.7. The molecule has 1 fully saturated rings. The van der Waals surface area contributed by atoms with E-state index in [1.165, 1.54) is 0 Å². The molecule has 1 atom stereocenters. The lowest BCUT2D eigenvalue weighted by Gasteiger charge is -2.33. The van der Waals surface area contributed by atoms with Gasteiger partial charge in [-0.3, -0.25) is 4.79 Å². The molecule has 0 bridgehead atoms. The lowest BCUT2D eigenvalue weighted by atomic mass is 9.70. The maximum atomic E-state index is 11.7. The summed E-state index contributed by atoms with van der Waals surface area (Å²) in [5.41, 5.74) is 5.99. The van der Waals surface area contributed by atoms with Crippen LogP contribution < -0.4 is 5.73 Å². The Morgan fingerprint density at radius 3 is 2.28 bits per heavy atom. The van der Waals surface area contributed by atoms with Gasteiger partial charge in [-0.05, 0) is 30.5 Å². The van der Waals surface area contributed by atoms with Gasteiger partial charge in [-0.2, -0.15) is 0 Å². The molecule has 0 saturated heterocycles. The molecule has 0 aliphatic heterocycles. The first-order valence-corrected chi connectivity index (χ1v) is 6.32. The van der Waals surface area contributed by atoms with Crippen LogP contribution in [0.3, 0.4) is 0 Å². The molecule has 0 amide bonds. The number of carbonyl (C=O) groups is 1. The van der Waals surface area contributed by atoms with Gasteiger partial charge in [0.15, 0.2) is 0 Å². The predicted molar refractivity (Wildman–Crippen MR) is 68.4 cm³/mol. The number of aromatic hydroxyl groups is 1. The number of carboxylic acids is 1. The average Bonchev–Trinajstić information content (AvgIpc) is 2.83. The zero-order valence-electron chi connectivity index (χ0n) is 10.3. The molecule has 0 aromatic heterocycles. The van der Waals surface area contributed by atoms with Gasteiger partial charge < -0.3 is 15.9 Å². The molecule has 1 unspecified atom stereocenters. The molecule has 4 heteroatoms. The van der Waals surface area contributed by atoms with Gasteiger partial charge in [-0.15, -0.1) is 0 Å². The van der Waals surface area contributed by atoms with Crippen LogP contribution in [-0.4, -0.2) is 22.7 Å². The molecule has 1 aromatic carbocycles. The summed E-state index contributed by atoms with van der Waals surface area (Å²) in [5.74, 6) is -0.744. The summed E-state index contributed by atoms with van der Waals surface area (Å²) in [5, 5.41) is 18.9. The number of aliphatic carboxylic acids is 1. The fourth-order valence-corrected chi connectivity index (χ4v) is 3.10. The summed E-state index contributed by atoms with van der Waals surface area (Å²) in [7, 11) is 0. The van der Waals surface area contributed by atoms with Crippen molar-refractivity contribution in [1.82, 2.24) is 0 Å². The Morgan fingerprint density at radius 2 is 1.83 bits per heavy atom. The molecule has 0 heterocycles. The Morgan fingerprint density at radius 1 is 1.28 bits per heavy atom. The standard InChI is InChI=1S/C14H19NO3/c15-9-12(10-3-5-11(16)6-4-10)14(13(17)18)7-1-2-8-14/h3-6,12,16H,1-2,7-9,15H2,(H,17,18). The smallest absolute Gasteiger partial charge is 0.310 e. The number of hydrogen-bond acceptors (Lipinski definition) is 3. The summed E-state index contributed by atoms with van der Waals surface area (Å²) >= 11 is 0. The van der Waals surface area contributed by atoms with E-state index in [4.69, 9.17) is 5.73 Å². The number of rotatable bonds is 4. The van der Waals surface area contributed by atoms with E-state index in [2.05, 4.69) is 0 Å². The average molecular weight is 249 g/mol. The summed E-state index contributed by atoms with van der Waals surface area (Å²) in [6, 6.07) is 6.72. The van der Waals surface area contributed by atoms with E-state index in [0.717, 1.165) is 18.4 Å². The van der Waals surface area contributed by atoms with E-state index in [1.807, 2.05) is 0 Å². The number of phenols is 1. The Kier molecular flexibility index (Phi) is 3.57. The third kappa shape index (κ3) is 2.08. The molecule has 1 aliphatic carbocycles. The van der Waals surface area contributed by atoms with E-state index in [1.54, 1.807) is 24.3 Å². The van der Waals surface area contributed by atoms with Crippen LogP contribution in [0.1, 0.15) is 37.2 Å². The Labute approximate surface area is 106 Å². The summed E-state index contributed by atoms with van der Waals surface area (Å²) < 4.78 is 0. The van der Waals surface area contributed by atoms with E-state index in [0.29, 0.717) is 19.4 Å². The number of benzene rings is 1. The lowest BCUT2D eigenvalue weighted by Crippen LogP contribution is -2.38. The van der Waals surface area contributed by atoms with Crippen molar-refractivity contribution >= 4 is 5.97 Å². The van der Waals surface area contributed by atoms with Gasteiger partial charge in [0.2, 0.25) is 0 Å². The zero-order valence-corrected chi connectivity index (χ0v) is 10.3. The molecule has 0 radical (unpaired) electrons. The van der Waals surface area contributed by atoms with Crippen LogP contribution in [0, 0.1) is 5.41 Å². The van der Waals surface area contributed by atoms with E-state index < -0.39 is 11.4 Å². The van der Waals surface area contributed by atoms with Crippen LogP contribution in [0.2, 0.25) is 0 Å². The van der Waals surface area contributed by atoms with Gasteiger partial charge in [-0.25, -0.2) is 0 Å². The zero-order chi connectivity index (χ0) is 13.2. The van der Waals surface area contributed by atoms with E-state index in [9.17, 15) is 15.0 Å². The number of hydrogen-bond donors (Lipinski definition) is 3. The van der Waals surface area contributed by atoms with Gasteiger partial charge in [-0.1, -0.05) is 25.0 Å². The van der Waals surface area contributed by atoms with Crippen LogP contribution in [-0.2, 0) is 4.79 Å². The molecule has 2 rings (SSSR count). The molecular weight excluding hydrogens is 230 g/mol. The minimum atomic E-state index is -0.747. The van der Waals surface area contributed by atoms with Crippen LogP contribution in [0.5, 0.6) is 5.75 Å². The molecule has 1 aliphatic rings. The summed E-state index contributed by atoms with van der Waals surface area (Å²) in [6.07, 6.45) is 3.26. The van der Waals surface area contributed by atoms with E-state index >= 15 is 0 Å². The summed E-state index contributed by atoms with van der Waals surface area (Å²) in [4.78, 5) is 11.7. The molecular formula is C14H19NO3. The van der Waals surface area contributed by atoms with Crippen LogP contribution in [0.4, 0.5) is 0 Å². The van der Waals surface area contributed by atoms with Crippen molar-refractivity contribution < 1.29 is 15.0 Å². The quantitative estimate of drug-likeness (QED) is 0.762. The second-order valence-electron chi connectivity index (χ2n) is 5.05. The number of phenolic OH excluding ortho intramolecular Hbond substituents is 1. The molecule has 98 valence electrons. The highest BCUT2D eigenvalue weighted by atomic mass is 16.4. The van der Waals surface area contributed by atoms with Gasteiger partial charge in [0, 0.05) is 12.5 Å². The fraction of sp³-hybridized carbons (Fsp3) is 0.500. The third-order valence-electron chi connectivity index (χ3n) is 4.12. The second-order valence-corrected chi connectivity index (χ2v) is 5.05. The minimum Gasteiger partial charge on any atom is -0.508 e. The van der Waals surface area contributed by atoms with Crippen molar-refractivity contribution in [1.29, 1.82) is 0 Å². The Hall–Kier alpha value is -1.55. The SMILES string of the molecule is NCC(c1ccc(O)cc1)C1(C(=O)O)CCCC1. The van der Waals surface area contributed by atoms with Crippen LogP contribution >= 0.6 is 0 Å². The fourth-order valence-electron chi connectivity index (χ4n) is 3.10. The van der Waals surface area contributed by atoms with Gasteiger partial charge in [0.05, 0.1) is 5.41 Å². The minimum absolute atomic E-state index is 0.182. The molecule has 0 spiro atoms. The Balaban J connectivity index is 2.37. The van der Waals surface area contributed by atoms with Crippen molar-refractivity contribution in [3.63, 3.8) is 0 Å². The second kappa shape index (κ2) is 4.98. The molecule has 1 saturated carbocycles. The largest absolute Gasteiger partial charge is 0.508 e. The molecule has 4 N–H and O–H groups in total. The third-order valence-corrected chi connectivity index (χ3v) is 4.12. The maximum Gasteiger partial charge on any atom is 0.310 e. The summed E-state index contributed by atoms with van der Waals surface area (Å²) in [6.45, 7) is 0.317. The van der Waals surface area contributed by atoms with Crippen molar-refractivity contribution in [2.24, 2.45) is 11.1 Å². The first-order chi connectivity index (χ1) is 8.60. The van der Waals surface area contributed by atoms with Crippen LogP contribution in [0.15, 0.2) is 24.3 Å². The highest BCUT2D eigenvalue weighted by Gasteiger charge is 2.47. The highest BCUT2D eigenvalue weighted by molar-refractivity contribution is 5.76.